The minimum absolute atomic E-state index is 0.0648. The lowest BCUT2D eigenvalue weighted by Crippen LogP contribution is -2.36. The minimum atomic E-state index is -0.548. The quantitative estimate of drug-likeness (QED) is 0.478. The number of nitrogens with zero attached hydrogens (tertiary/aromatic N) is 4. The van der Waals surface area contributed by atoms with Crippen molar-refractivity contribution >= 4 is 17.7 Å². The fraction of sp³-hybridized carbons (Fsp3) is 0.538. The molecule has 0 unspecified atom stereocenters. The van der Waals surface area contributed by atoms with Gasteiger partial charge in [0.25, 0.3) is 5.62 Å². The molecule has 9 heteroatoms. The Kier molecular flexibility index (Phi) is 5.19. The van der Waals surface area contributed by atoms with Gasteiger partial charge in [0.15, 0.2) is 5.82 Å². The summed E-state index contributed by atoms with van der Waals surface area (Å²) < 4.78 is 0.511. The maximum Gasteiger partial charge on any atom is 0.320 e. The average molecular weight is 305 g/mol. The Morgan fingerprint density at radius 3 is 2.86 bits per heavy atom. The van der Waals surface area contributed by atoms with E-state index in [4.69, 9.17) is 10.7 Å². The van der Waals surface area contributed by atoms with Crippen LogP contribution in [0.1, 0.15) is 25.7 Å². The van der Waals surface area contributed by atoms with Crippen molar-refractivity contribution in [3.63, 3.8) is 0 Å². The first kappa shape index (κ1) is 15.6. The van der Waals surface area contributed by atoms with Gasteiger partial charge in [0.1, 0.15) is 5.82 Å². The van der Waals surface area contributed by atoms with Crippen LogP contribution in [0.5, 0.6) is 0 Å². The number of anilines is 2. The van der Waals surface area contributed by atoms with Crippen LogP contribution < -0.4 is 21.2 Å². The number of urea groups is 1. The van der Waals surface area contributed by atoms with Crippen molar-refractivity contribution in [1.29, 1.82) is 10.7 Å². The van der Waals surface area contributed by atoms with Crippen molar-refractivity contribution in [2.24, 2.45) is 0 Å². The smallest absolute Gasteiger partial charge is 0.320 e. The highest BCUT2D eigenvalue weighted by molar-refractivity contribution is 5.88. The highest BCUT2D eigenvalue weighted by Crippen LogP contribution is 2.18. The van der Waals surface area contributed by atoms with Crippen molar-refractivity contribution in [2.45, 2.75) is 25.7 Å². The van der Waals surface area contributed by atoms with E-state index in [9.17, 15) is 10.0 Å². The zero-order chi connectivity index (χ0) is 15.9. The van der Waals surface area contributed by atoms with E-state index >= 15 is 0 Å². The highest BCUT2D eigenvalue weighted by atomic mass is 16.5. The van der Waals surface area contributed by atoms with Gasteiger partial charge < -0.3 is 15.4 Å². The zero-order valence-corrected chi connectivity index (χ0v) is 12.2. The van der Waals surface area contributed by atoms with Crippen molar-refractivity contribution in [1.82, 2.24) is 15.0 Å². The van der Waals surface area contributed by atoms with Gasteiger partial charge in [-0.2, -0.15) is 10.2 Å². The van der Waals surface area contributed by atoms with Gasteiger partial charge in [0.2, 0.25) is 0 Å². The predicted octanol–water partition coefficient (Wildman–Crippen LogP) is 0.625. The lowest BCUT2D eigenvalue weighted by molar-refractivity contribution is 0.170. The second-order valence-electron chi connectivity index (χ2n) is 4.97. The molecule has 1 aromatic heterocycles. The van der Waals surface area contributed by atoms with E-state index < -0.39 is 6.03 Å². The molecule has 0 bridgehead atoms. The number of hydrogen-bond donors (Lipinski definition) is 4. The second kappa shape index (κ2) is 7.31. The molecule has 9 nitrogen and oxygen atoms in total. The summed E-state index contributed by atoms with van der Waals surface area (Å²) >= 11 is 0. The molecule has 0 aliphatic carbocycles. The summed E-state index contributed by atoms with van der Waals surface area (Å²) in [4.78, 5) is 17.7. The van der Waals surface area contributed by atoms with Gasteiger partial charge in [0, 0.05) is 25.7 Å². The molecule has 0 spiro atoms. The van der Waals surface area contributed by atoms with Gasteiger partial charge in [0.05, 0.1) is 12.5 Å². The Morgan fingerprint density at radius 2 is 2.18 bits per heavy atom. The SMILES string of the molecule is N#CCCNC(=O)Nc1cc(N2CCCCC2)nc(=N)n1O. The number of hydrogen-bond acceptors (Lipinski definition) is 6. The standard InChI is InChI=1S/C13H19N7O2/c14-5-4-6-16-13(21)18-11-9-10(17-12(15)20(11)22)19-7-2-1-3-8-19/h9,15,22H,1-4,6-8H2,(H2,16,18,21). The third kappa shape index (κ3) is 3.88. The van der Waals surface area contributed by atoms with Gasteiger partial charge >= 0.3 is 6.03 Å². The van der Waals surface area contributed by atoms with Crippen molar-refractivity contribution in [3.05, 3.63) is 11.7 Å². The molecule has 22 heavy (non-hydrogen) atoms. The molecular weight excluding hydrogens is 286 g/mol. The minimum Gasteiger partial charge on any atom is -0.423 e. The molecule has 0 radical (unpaired) electrons. The monoisotopic (exact) mass is 305 g/mol. The number of nitrogens with one attached hydrogen (secondary N) is 3. The Morgan fingerprint density at radius 1 is 1.45 bits per heavy atom. The molecule has 1 saturated heterocycles. The van der Waals surface area contributed by atoms with E-state index in [1.165, 1.54) is 12.5 Å². The van der Waals surface area contributed by atoms with Crippen LogP contribution in [0.4, 0.5) is 16.4 Å². The van der Waals surface area contributed by atoms with Crippen LogP contribution in [0, 0.1) is 16.7 Å². The van der Waals surface area contributed by atoms with Crippen LogP contribution in [-0.4, -0.2) is 40.6 Å². The maximum atomic E-state index is 11.7. The van der Waals surface area contributed by atoms with E-state index in [1.807, 2.05) is 11.0 Å². The highest BCUT2D eigenvalue weighted by Gasteiger charge is 2.16. The summed E-state index contributed by atoms with van der Waals surface area (Å²) in [5.41, 5.74) is -0.351. The lowest BCUT2D eigenvalue weighted by Gasteiger charge is -2.28. The molecule has 0 atom stereocenters. The van der Waals surface area contributed by atoms with Gasteiger partial charge in [-0.1, -0.05) is 0 Å². The third-order valence-corrected chi connectivity index (χ3v) is 3.36. The van der Waals surface area contributed by atoms with Crippen LogP contribution in [0.15, 0.2) is 6.07 Å². The van der Waals surface area contributed by atoms with E-state index in [0.29, 0.717) is 10.5 Å². The first-order valence-corrected chi connectivity index (χ1v) is 7.16. The molecule has 1 fully saturated rings. The first-order chi connectivity index (χ1) is 10.6. The van der Waals surface area contributed by atoms with E-state index in [2.05, 4.69) is 15.6 Å². The van der Waals surface area contributed by atoms with Crippen LogP contribution in [-0.2, 0) is 0 Å². The number of rotatable bonds is 4. The number of amides is 2. The topological polar surface area (TPSA) is 130 Å². The number of aromatic nitrogens is 2. The van der Waals surface area contributed by atoms with E-state index in [1.54, 1.807) is 0 Å². The summed E-state index contributed by atoms with van der Waals surface area (Å²) in [5, 5.41) is 30.9. The fourth-order valence-electron chi connectivity index (χ4n) is 2.25. The molecule has 1 aliphatic heterocycles. The number of carbonyl (C=O) groups is 1. The predicted molar refractivity (Wildman–Crippen MR) is 78.6 cm³/mol. The first-order valence-electron chi connectivity index (χ1n) is 7.16. The average Bonchev–Trinajstić information content (AvgIpc) is 2.52. The third-order valence-electron chi connectivity index (χ3n) is 3.36. The molecule has 0 saturated carbocycles. The normalized spacial score (nSPS) is 14.2. The van der Waals surface area contributed by atoms with Gasteiger partial charge in [-0.3, -0.25) is 10.7 Å². The molecule has 2 heterocycles. The molecule has 2 rings (SSSR count). The summed E-state index contributed by atoms with van der Waals surface area (Å²) in [6.07, 6.45) is 3.48. The molecule has 1 aliphatic rings. The zero-order valence-electron chi connectivity index (χ0n) is 12.2. The maximum absolute atomic E-state index is 11.7. The van der Waals surface area contributed by atoms with Crippen LogP contribution >= 0.6 is 0 Å². The van der Waals surface area contributed by atoms with E-state index in [0.717, 1.165) is 25.9 Å². The number of carbonyl (C=O) groups excluding carboxylic acids is 1. The largest absolute Gasteiger partial charge is 0.423 e. The van der Waals surface area contributed by atoms with Crippen LogP contribution in [0.3, 0.4) is 0 Å². The molecule has 1 aromatic rings. The van der Waals surface area contributed by atoms with Crippen LogP contribution in [0.25, 0.3) is 0 Å². The van der Waals surface area contributed by atoms with Gasteiger partial charge in [-0.25, -0.2) is 4.79 Å². The Balaban J connectivity index is 2.12. The Labute approximate surface area is 127 Å². The van der Waals surface area contributed by atoms with E-state index in [-0.39, 0.29) is 24.4 Å². The number of piperidine rings is 1. The van der Waals surface area contributed by atoms with Crippen LogP contribution in [0.2, 0.25) is 0 Å². The Bertz CT molecular complexity index is 628. The number of nitriles is 1. The molecule has 2 amide bonds. The molecule has 118 valence electrons. The second-order valence-corrected chi connectivity index (χ2v) is 4.97. The van der Waals surface area contributed by atoms with Crippen molar-refractivity contribution < 1.29 is 10.0 Å². The Hall–Kier alpha value is -2.76. The fourth-order valence-corrected chi connectivity index (χ4v) is 2.25. The molecular formula is C13H19N7O2. The summed E-state index contributed by atoms with van der Waals surface area (Å²) in [6.45, 7) is 1.90. The van der Waals surface area contributed by atoms with Gasteiger partial charge in [-0.15, -0.1) is 4.73 Å². The van der Waals surface area contributed by atoms with Crippen molar-refractivity contribution in [3.8, 4) is 6.07 Å². The molecule has 4 N–H and O–H groups in total. The lowest BCUT2D eigenvalue weighted by atomic mass is 10.1. The van der Waals surface area contributed by atoms with Gasteiger partial charge in [-0.05, 0) is 19.3 Å². The van der Waals surface area contributed by atoms with Crippen molar-refractivity contribution in [2.75, 3.05) is 29.9 Å². The summed E-state index contributed by atoms with van der Waals surface area (Å²) in [7, 11) is 0. The summed E-state index contributed by atoms with van der Waals surface area (Å²) in [5.74, 6) is 0.623. The molecule has 0 aromatic carbocycles. The summed E-state index contributed by atoms with van der Waals surface area (Å²) in [6, 6.07) is 2.90.